The summed E-state index contributed by atoms with van der Waals surface area (Å²) >= 11 is 6.20. The second kappa shape index (κ2) is 6.56. The van der Waals surface area contributed by atoms with Crippen LogP contribution in [-0.2, 0) is 10.8 Å². The molecule has 23 heavy (non-hydrogen) atoms. The van der Waals surface area contributed by atoms with Gasteiger partial charge in [0.15, 0.2) is 0 Å². The fourth-order valence-electron chi connectivity index (χ4n) is 2.33. The Kier molecular flexibility index (Phi) is 4.50. The van der Waals surface area contributed by atoms with Crippen molar-refractivity contribution in [3.63, 3.8) is 0 Å². The molecule has 0 saturated heterocycles. The zero-order valence-corrected chi connectivity index (χ0v) is 14.3. The van der Waals surface area contributed by atoms with E-state index in [1.54, 1.807) is 19.6 Å². The number of benzene rings is 2. The first kappa shape index (κ1) is 15.8. The molecule has 118 valence electrons. The SMILES string of the molecule is COc1ccc(-n2nccc2-c2ccc(S(C)=O)cc2)cc1Cl. The Bertz CT molecular complexity index is 859. The van der Waals surface area contributed by atoms with E-state index in [-0.39, 0.29) is 0 Å². The van der Waals surface area contributed by atoms with Crippen LogP contribution in [0.1, 0.15) is 0 Å². The summed E-state index contributed by atoms with van der Waals surface area (Å²) in [6.07, 6.45) is 3.40. The normalized spacial score (nSPS) is 12.1. The van der Waals surface area contributed by atoms with Crippen molar-refractivity contribution in [2.45, 2.75) is 4.90 Å². The van der Waals surface area contributed by atoms with Crippen LogP contribution < -0.4 is 4.74 Å². The summed E-state index contributed by atoms with van der Waals surface area (Å²) in [5, 5.41) is 4.90. The number of nitrogens with zero attached hydrogens (tertiary/aromatic N) is 2. The van der Waals surface area contributed by atoms with Gasteiger partial charge in [-0.15, -0.1) is 0 Å². The van der Waals surface area contributed by atoms with Crippen LogP contribution in [0.2, 0.25) is 5.02 Å². The lowest BCUT2D eigenvalue weighted by Gasteiger charge is -2.10. The van der Waals surface area contributed by atoms with Crippen molar-refractivity contribution < 1.29 is 8.95 Å². The highest BCUT2D eigenvalue weighted by Gasteiger charge is 2.10. The molecule has 0 amide bonds. The van der Waals surface area contributed by atoms with Crippen molar-refractivity contribution >= 4 is 22.4 Å². The van der Waals surface area contributed by atoms with Crippen molar-refractivity contribution in [1.29, 1.82) is 0 Å². The van der Waals surface area contributed by atoms with E-state index in [0.717, 1.165) is 21.8 Å². The zero-order valence-electron chi connectivity index (χ0n) is 12.7. The van der Waals surface area contributed by atoms with E-state index in [9.17, 15) is 4.21 Å². The van der Waals surface area contributed by atoms with Crippen LogP contribution in [0, 0.1) is 0 Å². The average molecular weight is 347 g/mol. The van der Waals surface area contributed by atoms with E-state index in [0.29, 0.717) is 10.8 Å². The number of hydrogen-bond acceptors (Lipinski definition) is 3. The molecular formula is C17H15ClN2O2S. The summed E-state index contributed by atoms with van der Waals surface area (Å²) in [7, 11) is 0.597. The monoisotopic (exact) mass is 346 g/mol. The predicted octanol–water partition coefficient (Wildman–Crippen LogP) is 3.94. The molecule has 0 aliphatic heterocycles. The summed E-state index contributed by atoms with van der Waals surface area (Å²) in [6, 6.07) is 15.1. The van der Waals surface area contributed by atoms with Crippen molar-refractivity contribution in [2.24, 2.45) is 0 Å². The molecule has 0 bridgehead atoms. The second-order valence-electron chi connectivity index (χ2n) is 4.93. The molecule has 4 nitrogen and oxygen atoms in total. The number of rotatable bonds is 4. The number of ether oxygens (including phenoxy) is 1. The Hall–Kier alpha value is -2.11. The van der Waals surface area contributed by atoms with Crippen LogP contribution in [0.25, 0.3) is 16.9 Å². The standard InChI is InChI=1S/C17H15ClN2O2S/c1-22-17-8-5-13(11-15(17)18)20-16(9-10-19-20)12-3-6-14(7-4-12)23(2)21/h3-11H,1-2H3. The summed E-state index contributed by atoms with van der Waals surface area (Å²) in [4.78, 5) is 0.798. The smallest absolute Gasteiger partial charge is 0.137 e. The Labute approximate surface area is 142 Å². The van der Waals surface area contributed by atoms with Gasteiger partial charge in [0.05, 0.1) is 29.7 Å². The molecule has 2 aromatic carbocycles. The first-order valence-electron chi connectivity index (χ1n) is 6.92. The van der Waals surface area contributed by atoms with Crippen LogP contribution >= 0.6 is 11.6 Å². The van der Waals surface area contributed by atoms with Crippen LogP contribution in [0.5, 0.6) is 5.75 Å². The molecule has 0 radical (unpaired) electrons. The quantitative estimate of drug-likeness (QED) is 0.718. The highest BCUT2D eigenvalue weighted by atomic mass is 35.5. The summed E-state index contributed by atoms with van der Waals surface area (Å²) in [6.45, 7) is 0. The molecule has 0 N–H and O–H groups in total. The molecule has 1 aromatic heterocycles. The first-order valence-corrected chi connectivity index (χ1v) is 8.85. The molecule has 1 unspecified atom stereocenters. The van der Waals surface area contributed by atoms with Crippen molar-refractivity contribution in [1.82, 2.24) is 9.78 Å². The molecule has 0 fully saturated rings. The summed E-state index contributed by atoms with van der Waals surface area (Å²) in [5.74, 6) is 0.624. The average Bonchev–Trinajstić information content (AvgIpc) is 3.04. The van der Waals surface area contributed by atoms with E-state index in [4.69, 9.17) is 16.3 Å². The molecule has 1 atom stereocenters. The van der Waals surface area contributed by atoms with Gasteiger partial charge in [-0.1, -0.05) is 23.7 Å². The highest BCUT2D eigenvalue weighted by molar-refractivity contribution is 7.84. The summed E-state index contributed by atoms with van der Waals surface area (Å²) in [5.41, 5.74) is 2.77. The van der Waals surface area contributed by atoms with Crippen molar-refractivity contribution in [3.8, 4) is 22.7 Å². The second-order valence-corrected chi connectivity index (χ2v) is 6.71. The first-order chi connectivity index (χ1) is 11.1. The van der Waals surface area contributed by atoms with Gasteiger partial charge in [0, 0.05) is 27.5 Å². The highest BCUT2D eigenvalue weighted by Crippen LogP contribution is 2.29. The third-order valence-corrected chi connectivity index (χ3v) is 4.74. The Morgan fingerprint density at radius 1 is 1.13 bits per heavy atom. The molecule has 3 aromatic rings. The van der Waals surface area contributed by atoms with Crippen LogP contribution in [-0.4, -0.2) is 27.4 Å². The molecule has 3 rings (SSSR count). The maximum absolute atomic E-state index is 11.5. The predicted molar refractivity (Wildman–Crippen MR) is 92.9 cm³/mol. The molecular weight excluding hydrogens is 332 g/mol. The van der Waals surface area contributed by atoms with E-state index < -0.39 is 10.8 Å². The van der Waals surface area contributed by atoms with E-state index in [1.165, 1.54) is 0 Å². The van der Waals surface area contributed by atoms with Gasteiger partial charge in [0.25, 0.3) is 0 Å². The Morgan fingerprint density at radius 3 is 2.48 bits per heavy atom. The van der Waals surface area contributed by atoms with Gasteiger partial charge in [0.1, 0.15) is 5.75 Å². The minimum absolute atomic E-state index is 0.531. The fourth-order valence-corrected chi connectivity index (χ4v) is 3.10. The van der Waals surface area contributed by atoms with Gasteiger partial charge in [-0.25, -0.2) is 4.68 Å². The Morgan fingerprint density at radius 2 is 1.87 bits per heavy atom. The molecule has 0 spiro atoms. The molecule has 0 saturated carbocycles. The summed E-state index contributed by atoms with van der Waals surface area (Å²) < 4.78 is 18.5. The number of methoxy groups -OCH3 is 1. The fraction of sp³-hybridized carbons (Fsp3) is 0.118. The van der Waals surface area contributed by atoms with Crippen LogP contribution in [0.3, 0.4) is 0 Å². The molecule has 0 aliphatic rings. The minimum Gasteiger partial charge on any atom is -0.495 e. The minimum atomic E-state index is -0.986. The van der Waals surface area contributed by atoms with Crippen LogP contribution in [0.4, 0.5) is 0 Å². The Balaban J connectivity index is 2.02. The van der Waals surface area contributed by atoms with Gasteiger partial charge in [0.2, 0.25) is 0 Å². The van der Waals surface area contributed by atoms with Gasteiger partial charge in [-0.2, -0.15) is 5.10 Å². The van der Waals surface area contributed by atoms with E-state index in [1.807, 2.05) is 53.2 Å². The molecule has 6 heteroatoms. The topological polar surface area (TPSA) is 44.1 Å². The van der Waals surface area contributed by atoms with Crippen molar-refractivity contribution in [3.05, 3.63) is 59.8 Å². The number of halogens is 1. The largest absolute Gasteiger partial charge is 0.495 e. The molecule has 0 aliphatic carbocycles. The number of hydrogen-bond donors (Lipinski definition) is 0. The van der Waals surface area contributed by atoms with E-state index in [2.05, 4.69) is 5.10 Å². The maximum atomic E-state index is 11.5. The lowest BCUT2D eigenvalue weighted by atomic mass is 10.1. The third-order valence-electron chi connectivity index (χ3n) is 3.50. The van der Waals surface area contributed by atoms with Gasteiger partial charge < -0.3 is 4.74 Å². The van der Waals surface area contributed by atoms with Crippen molar-refractivity contribution in [2.75, 3.05) is 13.4 Å². The lowest BCUT2D eigenvalue weighted by molar-refractivity contribution is 0.415. The number of aromatic nitrogens is 2. The third kappa shape index (κ3) is 3.16. The van der Waals surface area contributed by atoms with E-state index >= 15 is 0 Å². The van der Waals surface area contributed by atoms with Gasteiger partial charge >= 0.3 is 0 Å². The van der Waals surface area contributed by atoms with Gasteiger partial charge in [-0.3, -0.25) is 4.21 Å². The lowest BCUT2D eigenvalue weighted by Crippen LogP contribution is -1.99. The maximum Gasteiger partial charge on any atom is 0.137 e. The van der Waals surface area contributed by atoms with Crippen LogP contribution in [0.15, 0.2) is 59.6 Å². The van der Waals surface area contributed by atoms with Gasteiger partial charge in [-0.05, 0) is 36.4 Å². The molecule has 1 heterocycles. The zero-order chi connectivity index (χ0) is 16.4.